The quantitative estimate of drug-likeness (QED) is 0.479. The lowest BCUT2D eigenvalue weighted by molar-refractivity contribution is -0.384. The zero-order chi connectivity index (χ0) is 11.3. The predicted molar refractivity (Wildman–Crippen MR) is 58.5 cm³/mol. The minimum absolute atomic E-state index is 0. The summed E-state index contributed by atoms with van der Waals surface area (Å²) in [5.74, 6) is -0.327. The number of nitro benzene ring substituents is 1. The maximum absolute atomic E-state index is 11.1. The molecule has 6 heteroatoms. The number of esters is 1. The molecule has 0 saturated heterocycles. The lowest BCUT2D eigenvalue weighted by atomic mass is 10.1. The maximum Gasteiger partial charge on any atom is 0.310 e. The topological polar surface area (TPSA) is 104 Å². The van der Waals surface area contributed by atoms with E-state index in [1.54, 1.807) is 19.1 Å². The number of rotatable bonds is 4. The Morgan fingerprint density at radius 1 is 1.38 bits per heavy atom. The molecule has 0 spiro atoms. The van der Waals surface area contributed by atoms with Crippen LogP contribution in [0.4, 0.5) is 5.69 Å². The minimum atomic E-state index is -0.478. The Morgan fingerprint density at radius 2 is 1.94 bits per heavy atom. The van der Waals surface area contributed by atoms with Crippen molar-refractivity contribution >= 4 is 11.7 Å². The average molecular weight is 226 g/mol. The third-order valence-corrected chi connectivity index (χ3v) is 1.80. The molecule has 0 heterocycles. The van der Waals surface area contributed by atoms with Gasteiger partial charge in [-0.15, -0.1) is 0 Å². The summed E-state index contributed by atoms with van der Waals surface area (Å²) in [5, 5.41) is 10.4. The summed E-state index contributed by atoms with van der Waals surface area (Å²) in [6, 6.07) is 5.84. The number of non-ortho nitro benzene ring substituents is 1. The van der Waals surface area contributed by atoms with Gasteiger partial charge in [0.15, 0.2) is 0 Å². The molecule has 0 bridgehead atoms. The van der Waals surface area contributed by atoms with Gasteiger partial charge in [-0.3, -0.25) is 14.9 Å². The van der Waals surface area contributed by atoms with E-state index in [1.807, 2.05) is 0 Å². The van der Waals surface area contributed by atoms with Crippen molar-refractivity contribution in [2.45, 2.75) is 13.3 Å². The number of hydrogen-bond acceptors (Lipinski definition) is 5. The molecule has 0 unspecified atom stereocenters. The van der Waals surface area contributed by atoms with Crippen LogP contribution in [-0.2, 0) is 16.0 Å². The van der Waals surface area contributed by atoms with E-state index in [0.717, 1.165) is 0 Å². The third-order valence-electron chi connectivity index (χ3n) is 1.80. The molecule has 88 valence electrons. The van der Waals surface area contributed by atoms with Crippen LogP contribution in [0.25, 0.3) is 0 Å². The zero-order valence-corrected chi connectivity index (χ0v) is 9.01. The monoisotopic (exact) mass is 226 g/mol. The van der Waals surface area contributed by atoms with E-state index in [1.165, 1.54) is 12.1 Å². The summed E-state index contributed by atoms with van der Waals surface area (Å²) in [4.78, 5) is 20.9. The second kappa shape index (κ2) is 6.52. The molecule has 0 aliphatic rings. The van der Waals surface area contributed by atoms with Gasteiger partial charge in [0.05, 0.1) is 18.0 Å². The van der Waals surface area contributed by atoms with Crippen LogP contribution < -0.4 is 6.15 Å². The first-order chi connectivity index (χ1) is 7.13. The fraction of sp³-hybridized carbons (Fsp3) is 0.300. The normalized spacial score (nSPS) is 9.06. The van der Waals surface area contributed by atoms with E-state index in [4.69, 9.17) is 4.74 Å². The van der Waals surface area contributed by atoms with Crippen molar-refractivity contribution in [2.24, 2.45) is 0 Å². The van der Waals surface area contributed by atoms with Gasteiger partial charge in [0.25, 0.3) is 5.69 Å². The van der Waals surface area contributed by atoms with Crippen molar-refractivity contribution in [1.29, 1.82) is 0 Å². The first kappa shape index (κ1) is 14.1. The lowest BCUT2D eigenvalue weighted by Gasteiger charge is -2.01. The summed E-state index contributed by atoms with van der Waals surface area (Å²) in [5.41, 5.74) is 0.724. The largest absolute Gasteiger partial charge is 0.466 e. The van der Waals surface area contributed by atoms with Gasteiger partial charge in [-0.05, 0) is 12.5 Å². The van der Waals surface area contributed by atoms with Gasteiger partial charge in [-0.2, -0.15) is 0 Å². The number of hydrogen-bond donors (Lipinski definition) is 1. The van der Waals surface area contributed by atoms with Gasteiger partial charge >= 0.3 is 5.97 Å². The van der Waals surface area contributed by atoms with Crippen molar-refractivity contribution < 1.29 is 14.5 Å². The Bertz CT molecular complexity index is 362. The molecule has 0 atom stereocenters. The van der Waals surface area contributed by atoms with Gasteiger partial charge in [0.2, 0.25) is 0 Å². The van der Waals surface area contributed by atoms with Crippen LogP contribution in [0, 0.1) is 10.1 Å². The number of carbonyl (C=O) groups is 1. The highest BCUT2D eigenvalue weighted by Gasteiger charge is 2.07. The molecule has 6 nitrogen and oxygen atoms in total. The van der Waals surface area contributed by atoms with Crippen LogP contribution in [0.5, 0.6) is 0 Å². The van der Waals surface area contributed by atoms with Crippen molar-refractivity contribution in [1.82, 2.24) is 6.15 Å². The smallest absolute Gasteiger partial charge is 0.310 e. The van der Waals surface area contributed by atoms with E-state index in [2.05, 4.69) is 0 Å². The molecule has 0 aliphatic heterocycles. The highest BCUT2D eigenvalue weighted by Crippen LogP contribution is 2.12. The van der Waals surface area contributed by atoms with Crippen LogP contribution >= 0.6 is 0 Å². The highest BCUT2D eigenvalue weighted by atomic mass is 16.6. The molecule has 3 N–H and O–H groups in total. The van der Waals surface area contributed by atoms with Crippen LogP contribution in [0.2, 0.25) is 0 Å². The van der Waals surface area contributed by atoms with Gasteiger partial charge < -0.3 is 10.9 Å². The molecule has 1 rings (SSSR count). The summed E-state index contributed by atoms with van der Waals surface area (Å²) in [6.07, 6.45) is 0.145. The summed E-state index contributed by atoms with van der Waals surface area (Å²) in [7, 11) is 0. The van der Waals surface area contributed by atoms with Crippen molar-refractivity contribution in [2.75, 3.05) is 6.61 Å². The minimum Gasteiger partial charge on any atom is -0.466 e. The second-order valence-electron chi connectivity index (χ2n) is 2.91. The average Bonchev–Trinajstić information content (AvgIpc) is 2.18. The summed E-state index contributed by atoms with van der Waals surface area (Å²) in [6.45, 7) is 2.07. The number of nitrogens with zero attached hydrogens (tertiary/aromatic N) is 1. The van der Waals surface area contributed by atoms with Crippen molar-refractivity contribution in [3.8, 4) is 0 Å². The number of nitro groups is 1. The molecule has 0 amide bonds. The molecule has 16 heavy (non-hydrogen) atoms. The van der Waals surface area contributed by atoms with Crippen molar-refractivity contribution in [3.05, 3.63) is 39.9 Å². The summed E-state index contributed by atoms with van der Waals surface area (Å²) >= 11 is 0. The van der Waals surface area contributed by atoms with E-state index < -0.39 is 4.92 Å². The number of benzene rings is 1. The molecule has 0 radical (unpaired) electrons. The Morgan fingerprint density at radius 3 is 2.38 bits per heavy atom. The second-order valence-corrected chi connectivity index (χ2v) is 2.91. The van der Waals surface area contributed by atoms with Gasteiger partial charge in [-0.1, -0.05) is 12.1 Å². The highest BCUT2D eigenvalue weighted by molar-refractivity contribution is 5.72. The van der Waals surface area contributed by atoms with Crippen LogP contribution in [0.3, 0.4) is 0 Å². The Balaban J connectivity index is 0.00000225. The van der Waals surface area contributed by atoms with Gasteiger partial charge in [0.1, 0.15) is 0 Å². The molecular weight excluding hydrogens is 212 g/mol. The Labute approximate surface area is 93.0 Å². The van der Waals surface area contributed by atoms with E-state index in [-0.39, 0.29) is 24.2 Å². The number of carbonyl (C=O) groups excluding carboxylic acids is 1. The Kier molecular flexibility index (Phi) is 5.72. The molecular formula is C10H14N2O4. The molecule has 1 aromatic rings. The molecule has 0 aromatic heterocycles. The third kappa shape index (κ3) is 4.05. The fourth-order valence-corrected chi connectivity index (χ4v) is 1.11. The van der Waals surface area contributed by atoms with E-state index in [9.17, 15) is 14.9 Å². The first-order valence-corrected chi connectivity index (χ1v) is 4.52. The Hall–Kier alpha value is -1.95. The first-order valence-electron chi connectivity index (χ1n) is 4.52. The number of ether oxygens (including phenoxy) is 1. The standard InChI is InChI=1S/C10H11NO4.H3N/c1-2-15-10(12)7-8-3-5-9(6-4-8)11(13)14;/h3-6H,2,7H2,1H3;1H3. The predicted octanol–water partition coefficient (Wildman–Crippen LogP) is 1.86. The van der Waals surface area contributed by atoms with E-state index >= 15 is 0 Å². The van der Waals surface area contributed by atoms with Gasteiger partial charge in [-0.25, -0.2) is 0 Å². The van der Waals surface area contributed by atoms with E-state index in [0.29, 0.717) is 12.2 Å². The van der Waals surface area contributed by atoms with Gasteiger partial charge in [0, 0.05) is 12.1 Å². The fourth-order valence-electron chi connectivity index (χ4n) is 1.11. The SMILES string of the molecule is CCOC(=O)Cc1ccc([N+](=O)[O-])cc1.N. The molecule has 1 aromatic carbocycles. The lowest BCUT2D eigenvalue weighted by Crippen LogP contribution is -2.07. The van der Waals surface area contributed by atoms with Crippen LogP contribution in [0.15, 0.2) is 24.3 Å². The zero-order valence-electron chi connectivity index (χ0n) is 9.01. The molecule has 0 fully saturated rings. The summed E-state index contributed by atoms with van der Waals surface area (Å²) < 4.78 is 4.75. The van der Waals surface area contributed by atoms with Crippen LogP contribution in [-0.4, -0.2) is 17.5 Å². The van der Waals surface area contributed by atoms with Crippen LogP contribution in [0.1, 0.15) is 12.5 Å². The maximum atomic E-state index is 11.1. The molecule has 0 aliphatic carbocycles. The molecule has 0 saturated carbocycles. The van der Waals surface area contributed by atoms with Crippen molar-refractivity contribution in [3.63, 3.8) is 0 Å².